The van der Waals surface area contributed by atoms with Crippen LogP contribution in [-0.2, 0) is 21.2 Å². The zero-order chi connectivity index (χ0) is 19.7. The number of morpholine rings is 1. The monoisotopic (exact) mass is 401 g/mol. The predicted octanol–water partition coefficient (Wildman–Crippen LogP) is 2.10. The van der Waals surface area contributed by atoms with E-state index in [2.05, 4.69) is 10.2 Å². The molecule has 2 aliphatic rings. The lowest BCUT2D eigenvalue weighted by molar-refractivity contribution is 0.102. The first-order valence-electron chi connectivity index (χ1n) is 9.26. The van der Waals surface area contributed by atoms with Crippen molar-refractivity contribution < 1.29 is 17.9 Å². The second-order valence-corrected chi connectivity index (χ2v) is 8.94. The first kappa shape index (κ1) is 18.8. The minimum Gasteiger partial charge on any atom is -0.378 e. The van der Waals surface area contributed by atoms with Crippen LogP contribution < -0.4 is 14.5 Å². The average Bonchev–Trinajstić information content (AvgIpc) is 3.13. The first-order chi connectivity index (χ1) is 13.4. The first-order valence-corrected chi connectivity index (χ1v) is 11.1. The van der Waals surface area contributed by atoms with Crippen LogP contribution in [0, 0.1) is 0 Å². The summed E-state index contributed by atoms with van der Waals surface area (Å²) >= 11 is 0. The summed E-state index contributed by atoms with van der Waals surface area (Å²) in [6, 6.07) is 12.9. The van der Waals surface area contributed by atoms with Crippen molar-refractivity contribution in [2.45, 2.75) is 6.42 Å². The summed E-state index contributed by atoms with van der Waals surface area (Å²) in [7, 11) is -3.34. The maximum atomic E-state index is 12.7. The molecule has 8 heteroatoms. The third kappa shape index (κ3) is 3.83. The van der Waals surface area contributed by atoms with Crippen molar-refractivity contribution >= 4 is 33.0 Å². The van der Waals surface area contributed by atoms with Crippen molar-refractivity contribution in [2.75, 3.05) is 53.6 Å². The molecular weight excluding hydrogens is 378 g/mol. The van der Waals surface area contributed by atoms with Gasteiger partial charge in [0, 0.05) is 36.6 Å². The highest BCUT2D eigenvalue weighted by Crippen LogP contribution is 2.31. The standard InChI is InChI=1S/C20H23N3O4S/c1-28(25,26)23-9-8-15-2-3-16(14-19(15)23)20(24)21-17-4-6-18(7-5-17)22-10-12-27-13-11-22/h2-7,14H,8-13H2,1H3,(H,21,24). The SMILES string of the molecule is CS(=O)(=O)N1CCc2ccc(C(=O)Nc3ccc(N4CCOCC4)cc3)cc21. The molecule has 7 nitrogen and oxygen atoms in total. The van der Waals surface area contributed by atoms with Crippen molar-refractivity contribution in [3.63, 3.8) is 0 Å². The van der Waals surface area contributed by atoms with Gasteiger partial charge in [0.25, 0.3) is 5.91 Å². The van der Waals surface area contributed by atoms with E-state index in [1.54, 1.807) is 12.1 Å². The quantitative estimate of drug-likeness (QED) is 0.849. The number of amides is 1. The minimum atomic E-state index is -3.34. The number of ether oxygens (including phenoxy) is 1. The Balaban J connectivity index is 1.48. The van der Waals surface area contributed by atoms with Crippen LogP contribution in [0.25, 0.3) is 0 Å². The van der Waals surface area contributed by atoms with Crippen LogP contribution in [0.15, 0.2) is 42.5 Å². The molecule has 0 saturated carbocycles. The maximum absolute atomic E-state index is 12.7. The molecular formula is C20H23N3O4S. The number of benzene rings is 2. The summed E-state index contributed by atoms with van der Waals surface area (Å²) < 4.78 is 30.6. The van der Waals surface area contributed by atoms with Crippen LogP contribution in [0.2, 0.25) is 0 Å². The fraction of sp³-hybridized carbons (Fsp3) is 0.350. The van der Waals surface area contributed by atoms with E-state index >= 15 is 0 Å². The summed E-state index contributed by atoms with van der Waals surface area (Å²) in [5, 5.41) is 2.88. The molecule has 0 radical (unpaired) electrons. The van der Waals surface area contributed by atoms with Gasteiger partial charge in [0.1, 0.15) is 0 Å². The van der Waals surface area contributed by atoms with Crippen LogP contribution in [0.3, 0.4) is 0 Å². The number of sulfonamides is 1. The lowest BCUT2D eigenvalue weighted by Gasteiger charge is -2.28. The lowest BCUT2D eigenvalue weighted by atomic mass is 10.1. The van der Waals surface area contributed by atoms with Gasteiger partial charge in [-0.25, -0.2) is 8.42 Å². The number of carbonyl (C=O) groups is 1. The normalized spacial score (nSPS) is 16.8. The number of fused-ring (bicyclic) bond motifs is 1. The maximum Gasteiger partial charge on any atom is 0.255 e. The van der Waals surface area contributed by atoms with Crippen LogP contribution >= 0.6 is 0 Å². The highest BCUT2D eigenvalue weighted by molar-refractivity contribution is 7.92. The largest absolute Gasteiger partial charge is 0.378 e. The third-order valence-corrected chi connectivity index (χ3v) is 6.28. The fourth-order valence-corrected chi connectivity index (χ4v) is 4.57. The molecule has 2 aromatic carbocycles. The number of anilines is 3. The molecule has 1 fully saturated rings. The molecule has 1 saturated heterocycles. The van der Waals surface area contributed by atoms with Crippen molar-refractivity contribution in [3.05, 3.63) is 53.6 Å². The molecule has 28 heavy (non-hydrogen) atoms. The van der Waals surface area contributed by atoms with E-state index in [1.165, 1.54) is 10.6 Å². The highest BCUT2D eigenvalue weighted by Gasteiger charge is 2.27. The van der Waals surface area contributed by atoms with Gasteiger partial charge < -0.3 is 15.0 Å². The summed E-state index contributed by atoms with van der Waals surface area (Å²) in [5.74, 6) is -0.262. The van der Waals surface area contributed by atoms with Crippen molar-refractivity contribution in [3.8, 4) is 0 Å². The fourth-order valence-electron chi connectivity index (χ4n) is 3.62. The van der Waals surface area contributed by atoms with Gasteiger partial charge in [0.05, 0.1) is 25.2 Å². The molecule has 0 unspecified atom stereocenters. The molecule has 2 aliphatic heterocycles. The molecule has 0 spiro atoms. The van der Waals surface area contributed by atoms with Crippen LogP contribution in [0.4, 0.5) is 17.1 Å². The average molecular weight is 401 g/mol. The Morgan fingerprint density at radius 2 is 1.75 bits per heavy atom. The smallest absolute Gasteiger partial charge is 0.255 e. The van der Waals surface area contributed by atoms with E-state index in [9.17, 15) is 13.2 Å². The van der Waals surface area contributed by atoms with Crippen molar-refractivity contribution in [2.24, 2.45) is 0 Å². The second-order valence-electron chi connectivity index (χ2n) is 7.03. The summed E-state index contributed by atoms with van der Waals surface area (Å²) in [6.07, 6.45) is 1.85. The van der Waals surface area contributed by atoms with Gasteiger partial charge in [-0.2, -0.15) is 0 Å². The van der Waals surface area contributed by atoms with Crippen LogP contribution in [0.1, 0.15) is 15.9 Å². The molecule has 0 aromatic heterocycles. The minimum absolute atomic E-state index is 0.262. The topological polar surface area (TPSA) is 79.0 Å². The van der Waals surface area contributed by atoms with Crippen LogP contribution in [-0.4, -0.2) is 53.4 Å². The molecule has 4 rings (SSSR count). The molecule has 148 valence electrons. The zero-order valence-corrected chi connectivity index (χ0v) is 16.5. The van der Waals surface area contributed by atoms with Crippen molar-refractivity contribution in [1.82, 2.24) is 0 Å². The van der Waals surface area contributed by atoms with Gasteiger partial charge in [-0.05, 0) is 48.4 Å². The number of carbonyl (C=O) groups excluding carboxylic acids is 1. The van der Waals surface area contributed by atoms with Crippen molar-refractivity contribution in [1.29, 1.82) is 0 Å². The third-order valence-electron chi connectivity index (χ3n) is 5.10. The van der Waals surface area contributed by atoms with Gasteiger partial charge in [-0.15, -0.1) is 0 Å². The van der Waals surface area contributed by atoms with E-state index in [0.29, 0.717) is 29.9 Å². The summed E-state index contributed by atoms with van der Waals surface area (Å²) in [6.45, 7) is 3.58. The molecule has 2 heterocycles. The number of nitrogens with one attached hydrogen (secondary N) is 1. The van der Waals surface area contributed by atoms with E-state index in [4.69, 9.17) is 4.74 Å². The Kier molecular flexibility index (Phi) is 4.99. The van der Waals surface area contributed by atoms with Crippen LogP contribution in [0.5, 0.6) is 0 Å². The highest BCUT2D eigenvalue weighted by atomic mass is 32.2. The Labute approximate surface area is 165 Å². The van der Waals surface area contributed by atoms with E-state index in [-0.39, 0.29) is 5.91 Å². The Bertz CT molecular complexity index is 983. The molecule has 1 N–H and O–H groups in total. The van der Waals surface area contributed by atoms with Gasteiger partial charge >= 0.3 is 0 Å². The number of hydrogen-bond acceptors (Lipinski definition) is 5. The predicted molar refractivity (Wildman–Crippen MR) is 110 cm³/mol. The summed E-state index contributed by atoms with van der Waals surface area (Å²) in [4.78, 5) is 14.9. The molecule has 0 bridgehead atoms. The summed E-state index contributed by atoms with van der Waals surface area (Å²) in [5.41, 5.74) is 3.77. The van der Waals surface area contributed by atoms with Gasteiger partial charge in [0.15, 0.2) is 0 Å². The Morgan fingerprint density at radius 1 is 1.04 bits per heavy atom. The number of hydrogen-bond donors (Lipinski definition) is 1. The number of nitrogens with zero attached hydrogens (tertiary/aromatic N) is 2. The molecule has 1 amide bonds. The van der Waals surface area contributed by atoms with E-state index in [1.807, 2.05) is 30.3 Å². The van der Waals surface area contributed by atoms with Gasteiger partial charge in [-0.3, -0.25) is 9.10 Å². The van der Waals surface area contributed by atoms with Gasteiger partial charge in [0.2, 0.25) is 10.0 Å². The molecule has 2 aromatic rings. The zero-order valence-electron chi connectivity index (χ0n) is 15.7. The molecule has 0 atom stereocenters. The number of rotatable bonds is 4. The second kappa shape index (κ2) is 7.44. The van der Waals surface area contributed by atoms with E-state index < -0.39 is 10.0 Å². The Morgan fingerprint density at radius 3 is 2.43 bits per heavy atom. The molecule has 0 aliphatic carbocycles. The van der Waals surface area contributed by atoms with Gasteiger partial charge in [-0.1, -0.05) is 6.07 Å². The Hall–Kier alpha value is -2.58. The lowest BCUT2D eigenvalue weighted by Crippen LogP contribution is -2.36. The van der Waals surface area contributed by atoms with E-state index in [0.717, 1.165) is 37.6 Å².